The van der Waals surface area contributed by atoms with Crippen LogP contribution in [0.5, 0.6) is 0 Å². The third-order valence-electron chi connectivity index (χ3n) is 3.80. The SMILES string of the molecule is O=C1CCCN1c1ccc(NS(=O)(=O)c2c(F)cc(F)cc2Br)cc1Cl. The summed E-state index contributed by atoms with van der Waals surface area (Å²) in [7, 11) is -4.33. The molecule has 2 aromatic carbocycles. The molecule has 2 aromatic rings. The van der Waals surface area contributed by atoms with Crippen LogP contribution in [-0.2, 0) is 14.8 Å². The predicted molar refractivity (Wildman–Crippen MR) is 97.9 cm³/mol. The quantitative estimate of drug-likeness (QED) is 0.732. The van der Waals surface area contributed by atoms with Crippen molar-refractivity contribution in [2.24, 2.45) is 0 Å². The van der Waals surface area contributed by atoms with Gasteiger partial charge in [-0.15, -0.1) is 0 Å². The number of hydrogen-bond donors (Lipinski definition) is 1. The predicted octanol–water partition coefficient (Wildman–Crippen LogP) is 4.31. The van der Waals surface area contributed by atoms with E-state index in [4.69, 9.17) is 11.6 Å². The summed E-state index contributed by atoms with van der Waals surface area (Å²) in [4.78, 5) is 12.6. The highest BCUT2D eigenvalue weighted by molar-refractivity contribution is 9.10. The maximum atomic E-state index is 13.9. The summed E-state index contributed by atoms with van der Waals surface area (Å²) < 4.78 is 54.0. The Labute approximate surface area is 162 Å². The van der Waals surface area contributed by atoms with Gasteiger partial charge >= 0.3 is 0 Å². The molecular formula is C16H12BrClF2N2O3S. The van der Waals surface area contributed by atoms with E-state index in [9.17, 15) is 22.0 Å². The Balaban J connectivity index is 1.91. The maximum Gasteiger partial charge on any atom is 0.265 e. The van der Waals surface area contributed by atoms with Gasteiger partial charge in [-0.25, -0.2) is 17.2 Å². The second kappa shape index (κ2) is 7.13. The van der Waals surface area contributed by atoms with Gasteiger partial charge in [0.05, 0.1) is 16.4 Å². The first kappa shape index (κ1) is 19.1. The summed E-state index contributed by atoms with van der Waals surface area (Å²) in [6.45, 7) is 0.539. The highest BCUT2D eigenvalue weighted by Gasteiger charge is 2.26. The molecule has 1 amide bonds. The van der Waals surface area contributed by atoms with Crippen LogP contribution in [0.1, 0.15) is 12.8 Å². The Bertz CT molecular complexity index is 978. The van der Waals surface area contributed by atoms with E-state index in [1.165, 1.54) is 23.1 Å². The number of anilines is 2. The highest BCUT2D eigenvalue weighted by Crippen LogP contribution is 2.33. The Morgan fingerprint density at radius 3 is 2.50 bits per heavy atom. The summed E-state index contributed by atoms with van der Waals surface area (Å²) in [5.74, 6) is -2.19. The highest BCUT2D eigenvalue weighted by atomic mass is 79.9. The third kappa shape index (κ3) is 3.70. The lowest BCUT2D eigenvalue weighted by atomic mass is 10.2. The Kier molecular flexibility index (Phi) is 5.23. The van der Waals surface area contributed by atoms with Crippen LogP contribution in [0.15, 0.2) is 39.7 Å². The van der Waals surface area contributed by atoms with Gasteiger partial charge in [-0.2, -0.15) is 0 Å². The van der Waals surface area contributed by atoms with Gasteiger partial charge in [0.1, 0.15) is 16.5 Å². The van der Waals surface area contributed by atoms with Crippen molar-refractivity contribution in [3.63, 3.8) is 0 Å². The average molecular weight is 466 g/mol. The minimum atomic E-state index is -4.33. The first-order valence-electron chi connectivity index (χ1n) is 7.46. The molecule has 0 saturated carbocycles. The van der Waals surface area contributed by atoms with Crippen LogP contribution in [-0.4, -0.2) is 20.9 Å². The van der Waals surface area contributed by atoms with Gasteiger partial charge in [0.25, 0.3) is 10.0 Å². The first-order chi connectivity index (χ1) is 12.2. The zero-order valence-electron chi connectivity index (χ0n) is 13.1. The lowest BCUT2D eigenvalue weighted by Gasteiger charge is -2.18. The van der Waals surface area contributed by atoms with Gasteiger partial charge < -0.3 is 4.90 Å². The van der Waals surface area contributed by atoms with Crippen molar-refractivity contribution in [1.29, 1.82) is 0 Å². The molecule has 1 fully saturated rings. The van der Waals surface area contributed by atoms with Crippen LogP contribution in [0.25, 0.3) is 0 Å². The van der Waals surface area contributed by atoms with Crippen molar-refractivity contribution >= 4 is 54.8 Å². The Morgan fingerprint density at radius 1 is 1.19 bits per heavy atom. The normalized spacial score (nSPS) is 14.8. The van der Waals surface area contributed by atoms with Crippen molar-refractivity contribution in [3.8, 4) is 0 Å². The monoisotopic (exact) mass is 464 g/mol. The number of benzene rings is 2. The largest absolute Gasteiger partial charge is 0.311 e. The first-order valence-corrected chi connectivity index (χ1v) is 10.1. The van der Waals surface area contributed by atoms with E-state index >= 15 is 0 Å². The number of nitrogens with one attached hydrogen (secondary N) is 1. The van der Waals surface area contributed by atoms with Crippen LogP contribution in [0.3, 0.4) is 0 Å². The molecule has 0 aliphatic carbocycles. The maximum absolute atomic E-state index is 13.9. The standard InChI is InChI=1S/C16H12BrClF2N2O3S/c17-11-6-9(19)7-13(20)16(11)26(24,25)21-10-3-4-14(12(18)8-10)22-5-1-2-15(22)23/h3-4,6-8,21H,1-2,5H2. The smallest absolute Gasteiger partial charge is 0.265 e. The number of sulfonamides is 1. The second-order valence-corrected chi connectivity index (χ2v) is 8.50. The average Bonchev–Trinajstić information content (AvgIpc) is 2.91. The fourth-order valence-corrected chi connectivity index (χ4v) is 5.18. The molecule has 3 rings (SSSR count). The number of nitrogens with zero attached hydrogens (tertiary/aromatic N) is 1. The molecule has 10 heteroatoms. The molecule has 5 nitrogen and oxygen atoms in total. The molecule has 1 aliphatic heterocycles. The summed E-state index contributed by atoms with van der Waals surface area (Å²) in [6, 6.07) is 5.59. The van der Waals surface area contributed by atoms with Crippen molar-refractivity contribution in [2.45, 2.75) is 17.7 Å². The van der Waals surface area contributed by atoms with Gasteiger partial charge in [-0.05, 0) is 46.6 Å². The van der Waals surface area contributed by atoms with Gasteiger partial charge in [0.15, 0.2) is 0 Å². The Hall–Kier alpha value is -1.71. The minimum absolute atomic E-state index is 0.0578. The fraction of sp³-hybridized carbons (Fsp3) is 0.188. The molecule has 0 unspecified atom stereocenters. The summed E-state index contributed by atoms with van der Waals surface area (Å²) in [5, 5.41) is 0.180. The van der Waals surface area contributed by atoms with E-state index in [2.05, 4.69) is 20.7 Å². The van der Waals surface area contributed by atoms with Crippen molar-refractivity contribution in [3.05, 3.63) is 51.5 Å². The zero-order chi connectivity index (χ0) is 19.1. The molecule has 0 bridgehead atoms. The summed E-state index contributed by atoms with van der Waals surface area (Å²) in [5.41, 5.74) is 0.562. The van der Waals surface area contributed by atoms with Gasteiger partial charge in [0.2, 0.25) is 5.91 Å². The van der Waals surface area contributed by atoms with E-state index < -0.39 is 26.6 Å². The molecule has 1 saturated heterocycles. The molecule has 0 atom stereocenters. The van der Waals surface area contributed by atoms with E-state index in [1.54, 1.807) is 0 Å². The van der Waals surface area contributed by atoms with Crippen LogP contribution in [0.2, 0.25) is 5.02 Å². The molecule has 1 aliphatic rings. The zero-order valence-corrected chi connectivity index (χ0v) is 16.3. The summed E-state index contributed by atoms with van der Waals surface area (Å²) in [6.07, 6.45) is 1.16. The third-order valence-corrected chi connectivity index (χ3v) is 6.44. The van der Waals surface area contributed by atoms with Crippen molar-refractivity contribution in [2.75, 3.05) is 16.2 Å². The Morgan fingerprint density at radius 2 is 1.92 bits per heavy atom. The fourth-order valence-electron chi connectivity index (χ4n) is 2.68. The molecule has 26 heavy (non-hydrogen) atoms. The van der Waals surface area contributed by atoms with Crippen LogP contribution >= 0.6 is 27.5 Å². The van der Waals surface area contributed by atoms with Crippen LogP contribution in [0, 0.1) is 11.6 Å². The number of halogens is 4. The molecule has 0 spiro atoms. The minimum Gasteiger partial charge on any atom is -0.311 e. The summed E-state index contributed by atoms with van der Waals surface area (Å²) >= 11 is 9.03. The van der Waals surface area contributed by atoms with Gasteiger partial charge in [-0.3, -0.25) is 9.52 Å². The van der Waals surface area contributed by atoms with E-state index in [-0.39, 0.29) is 21.1 Å². The van der Waals surface area contributed by atoms with E-state index in [0.29, 0.717) is 24.7 Å². The van der Waals surface area contributed by atoms with Crippen LogP contribution in [0.4, 0.5) is 20.2 Å². The molecule has 1 N–H and O–H groups in total. The lowest BCUT2D eigenvalue weighted by Crippen LogP contribution is -2.24. The lowest BCUT2D eigenvalue weighted by molar-refractivity contribution is -0.117. The molecule has 0 aromatic heterocycles. The number of carbonyl (C=O) groups excluding carboxylic acids is 1. The van der Waals surface area contributed by atoms with Gasteiger partial charge in [-0.1, -0.05) is 11.6 Å². The number of carbonyl (C=O) groups is 1. The molecular weight excluding hydrogens is 454 g/mol. The molecule has 1 heterocycles. The molecule has 138 valence electrons. The topological polar surface area (TPSA) is 66.5 Å². The van der Waals surface area contributed by atoms with E-state index in [1.807, 2.05) is 0 Å². The number of amides is 1. The van der Waals surface area contributed by atoms with E-state index in [0.717, 1.165) is 12.5 Å². The van der Waals surface area contributed by atoms with Crippen molar-refractivity contribution < 1.29 is 22.0 Å². The number of rotatable bonds is 4. The van der Waals surface area contributed by atoms with Crippen LogP contribution < -0.4 is 9.62 Å². The molecule has 0 radical (unpaired) electrons. The van der Waals surface area contributed by atoms with Gasteiger partial charge in [0, 0.05) is 23.5 Å². The van der Waals surface area contributed by atoms with Crippen molar-refractivity contribution in [1.82, 2.24) is 0 Å². The number of hydrogen-bond acceptors (Lipinski definition) is 3. The second-order valence-electron chi connectivity index (χ2n) is 5.62.